The molecule has 13 heavy (non-hydrogen) atoms. The summed E-state index contributed by atoms with van der Waals surface area (Å²) in [5, 5.41) is 5.54. The molecule has 5 heteroatoms. The van der Waals surface area contributed by atoms with Crippen molar-refractivity contribution in [2.45, 2.75) is 6.54 Å². The quantitative estimate of drug-likeness (QED) is 0.644. The molecule has 0 saturated heterocycles. The lowest BCUT2D eigenvalue weighted by molar-refractivity contribution is -0.119. The van der Waals surface area contributed by atoms with E-state index in [2.05, 4.69) is 15.6 Å². The average molecular weight is 182 g/mol. The summed E-state index contributed by atoms with van der Waals surface area (Å²) in [5.74, 6) is -0.0119. The van der Waals surface area contributed by atoms with Crippen molar-refractivity contribution in [2.75, 3.05) is 13.6 Å². The molecule has 1 aromatic rings. The fraction of sp³-hybridized carbons (Fsp3) is 0.500. The molecule has 0 atom stereocenters. The Labute approximate surface area is 77.2 Å². The van der Waals surface area contributed by atoms with E-state index in [0.29, 0.717) is 13.1 Å². The molecule has 0 saturated carbocycles. The molecule has 5 nitrogen and oxygen atoms in total. The monoisotopic (exact) mass is 182 g/mol. The summed E-state index contributed by atoms with van der Waals surface area (Å²) >= 11 is 0. The van der Waals surface area contributed by atoms with Gasteiger partial charge in [0.1, 0.15) is 0 Å². The van der Waals surface area contributed by atoms with Crippen LogP contribution in [0.2, 0.25) is 0 Å². The number of hydrogen-bond acceptors (Lipinski definition) is 3. The highest BCUT2D eigenvalue weighted by molar-refractivity contribution is 5.77. The van der Waals surface area contributed by atoms with E-state index in [1.165, 1.54) is 0 Å². The van der Waals surface area contributed by atoms with E-state index in [-0.39, 0.29) is 5.91 Å². The second-order valence-electron chi connectivity index (χ2n) is 2.77. The maximum absolute atomic E-state index is 10.8. The molecule has 0 unspecified atom stereocenters. The van der Waals surface area contributed by atoms with Crippen LogP contribution < -0.4 is 10.6 Å². The van der Waals surface area contributed by atoms with Gasteiger partial charge in [-0.25, -0.2) is 4.98 Å². The first-order chi connectivity index (χ1) is 6.24. The van der Waals surface area contributed by atoms with Crippen molar-refractivity contribution in [3.8, 4) is 0 Å². The number of hydrogen-bond donors (Lipinski definition) is 2. The van der Waals surface area contributed by atoms with Gasteiger partial charge in [-0.3, -0.25) is 4.79 Å². The molecule has 2 N–H and O–H groups in total. The van der Waals surface area contributed by atoms with Gasteiger partial charge >= 0.3 is 0 Å². The van der Waals surface area contributed by atoms with Gasteiger partial charge in [0.05, 0.1) is 18.6 Å². The van der Waals surface area contributed by atoms with Gasteiger partial charge in [-0.2, -0.15) is 0 Å². The zero-order chi connectivity index (χ0) is 9.68. The third-order valence-corrected chi connectivity index (χ3v) is 1.79. The number of aryl methyl sites for hydroxylation is 1. The van der Waals surface area contributed by atoms with E-state index in [0.717, 1.165) is 5.69 Å². The Hall–Kier alpha value is -1.36. The van der Waals surface area contributed by atoms with Crippen LogP contribution in [-0.4, -0.2) is 29.1 Å². The maximum atomic E-state index is 10.8. The molecular weight excluding hydrogens is 168 g/mol. The standard InChI is InChI=1S/C8H14N4O/c1-9-8(13)5-10-3-7-4-11-6-12(7)2/h4,6,10H,3,5H2,1-2H3,(H,9,13). The zero-order valence-electron chi connectivity index (χ0n) is 7.87. The van der Waals surface area contributed by atoms with E-state index in [4.69, 9.17) is 0 Å². The molecule has 72 valence electrons. The number of nitrogens with zero attached hydrogens (tertiary/aromatic N) is 2. The number of carbonyl (C=O) groups excluding carboxylic acids is 1. The summed E-state index contributed by atoms with van der Waals surface area (Å²) in [7, 11) is 3.54. The Bertz CT molecular complexity index is 281. The molecule has 0 radical (unpaired) electrons. The van der Waals surface area contributed by atoms with Gasteiger partial charge in [-0.1, -0.05) is 0 Å². The van der Waals surface area contributed by atoms with Gasteiger partial charge in [0.2, 0.25) is 5.91 Å². The molecular formula is C8H14N4O. The minimum atomic E-state index is -0.0119. The first-order valence-electron chi connectivity index (χ1n) is 4.10. The van der Waals surface area contributed by atoms with E-state index in [1.807, 2.05) is 11.6 Å². The first-order valence-corrected chi connectivity index (χ1v) is 4.10. The molecule has 0 fully saturated rings. The Morgan fingerprint density at radius 1 is 1.69 bits per heavy atom. The predicted octanol–water partition coefficient (Wildman–Crippen LogP) is -0.744. The van der Waals surface area contributed by atoms with Crippen molar-refractivity contribution >= 4 is 5.91 Å². The molecule has 0 aliphatic carbocycles. The summed E-state index contributed by atoms with van der Waals surface area (Å²) in [6.45, 7) is 0.992. The summed E-state index contributed by atoms with van der Waals surface area (Å²) in [6.07, 6.45) is 3.51. The number of imidazole rings is 1. The molecule has 1 heterocycles. The van der Waals surface area contributed by atoms with Gasteiger partial charge in [0, 0.05) is 26.8 Å². The van der Waals surface area contributed by atoms with Crippen LogP contribution in [-0.2, 0) is 18.4 Å². The van der Waals surface area contributed by atoms with Crippen LogP contribution in [0.15, 0.2) is 12.5 Å². The van der Waals surface area contributed by atoms with Crippen molar-refractivity contribution in [3.63, 3.8) is 0 Å². The van der Waals surface area contributed by atoms with Crippen molar-refractivity contribution in [3.05, 3.63) is 18.2 Å². The highest BCUT2D eigenvalue weighted by Crippen LogP contribution is 1.93. The second-order valence-corrected chi connectivity index (χ2v) is 2.77. The van der Waals surface area contributed by atoms with Gasteiger partial charge in [-0.15, -0.1) is 0 Å². The van der Waals surface area contributed by atoms with Crippen molar-refractivity contribution in [1.29, 1.82) is 0 Å². The van der Waals surface area contributed by atoms with E-state index < -0.39 is 0 Å². The van der Waals surface area contributed by atoms with Crippen LogP contribution in [0.1, 0.15) is 5.69 Å². The van der Waals surface area contributed by atoms with Crippen LogP contribution in [0.5, 0.6) is 0 Å². The Balaban J connectivity index is 2.28. The minimum Gasteiger partial charge on any atom is -0.358 e. The highest BCUT2D eigenvalue weighted by Gasteiger charge is 1.99. The molecule has 0 spiro atoms. The summed E-state index contributed by atoms with van der Waals surface area (Å²) < 4.78 is 1.91. The normalized spacial score (nSPS) is 10.0. The lowest BCUT2D eigenvalue weighted by Gasteiger charge is -2.03. The highest BCUT2D eigenvalue weighted by atomic mass is 16.1. The first kappa shape index (κ1) is 9.73. The lowest BCUT2D eigenvalue weighted by Crippen LogP contribution is -2.31. The molecule has 0 bridgehead atoms. The van der Waals surface area contributed by atoms with Crippen LogP contribution in [0.25, 0.3) is 0 Å². The maximum Gasteiger partial charge on any atom is 0.233 e. The Morgan fingerprint density at radius 2 is 2.46 bits per heavy atom. The minimum absolute atomic E-state index is 0.0119. The summed E-state index contributed by atoms with van der Waals surface area (Å²) in [4.78, 5) is 14.8. The molecule has 1 aromatic heterocycles. The lowest BCUT2D eigenvalue weighted by atomic mass is 10.4. The summed E-state index contributed by atoms with van der Waals surface area (Å²) in [6, 6.07) is 0. The molecule has 0 aliphatic heterocycles. The number of carbonyl (C=O) groups is 1. The van der Waals surface area contributed by atoms with Crippen LogP contribution in [0.4, 0.5) is 0 Å². The smallest absolute Gasteiger partial charge is 0.233 e. The number of nitrogens with one attached hydrogen (secondary N) is 2. The van der Waals surface area contributed by atoms with Crippen molar-refractivity contribution in [1.82, 2.24) is 20.2 Å². The zero-order valence-corrected chi connectivity index (χ0v) is 7.87. The molecule has 1 amide bonds. The number of amides is 1. The van der Waals surface area contributed by atoms with E-state index in [1.54, 1.807) is 19.6 Å². The fourth-order valence-corrected chi connectivity index (χ4v) is 0.947. The summed E-state index contributed by atoms with van der Waals surface area (Å²) in [5.41, 5.74) is 1.06. The van der Waals surface area contributed by atoms with E-state index in [9.17, 15) is 4.79 Å². The number of aromatic nitrogens is 2. The molecule has 0 aromatic carbocycles. The Morgan fingerprint density at radius 3 is 3.00 bits per heavy atom. The van der Waals surface area contributed by atoms with Gasteiger partial charge in [0.15, 0.2) is 0 Å². The van der Waals surface area contributed by atoms with Gasteiger partial charge < -0.3 is 15.2 Å². The van der Waals surface area contributed by atoms with Crippen molar-refractivity contribution < 1.29 is 4.79 Å². The van der Waals surface area contributed by atoms with Gasteiger partial charge in [-0.05, 0) is 0 Å². The van der Waals surface area contributed by atoms with Crippen LogP contribution in [0.3, 0.4) is 0 Å². The third kappa shape index (κ3) is 2.87. The largest absolute Gasteiger partial charge is 0.358 e. The molecule has 0 aliphatic rings. The second kappa shape index (κ2) is 4.61. The van der Waals surface area contributed by atoms with Crippen LogP contribution in [0, 0.1) is 0 Å². The van der Waals surface area contributed by atoms with E-state index >= 15 is 0 Å². The average Bonchev–Trinajstić information content (AvgIpc) is 2.52. The third-order valence-electron chi connectivity index (χ3n) is 1.79. The van der Waals surface area contributed by atoms with Crippen LogP contribution >= 0.6 is 0 Å². The SMILES string of the molecule is CNC(=O)CNCc1cncn1C. The fourth-order valence-electron chi connectivity index (χ4n) is 0.947. The molecule has 1 rings (SSSR count). The number of rotatable bonds is 4. The topological polar surface area (TPSA) is 59.0 Å². The Kier molecular flexibility index (Phi) is 3.45. The van der Waals surface area contributed by atoms with Gasteiger partial charge in [0.25, 0.3) is 0 Å². The number of likely N-dealkylation sites (N-methyl/N-ethyl adjacent to an activating group) is 1. The predicted molar refractivity (Wildman–Crippen MR) is 49.0 cm³/mol. The van der Waals surface area contributed by atoms with Crippen molar-refractivity contribution in [2.24, 2.45) is 7.05 Å².